The standard InChI is InChI=1S/C24H24N4O3.C4H11N/c29-16-19-3-1-2-18(12-19)15-28-23(30)27(17-24(28)8-10-31-11-9-24)22-6-4-20(5-7-22)21-13-25-26-14-21;1-4(2)5-3/h1-7,12-14,16H,8-11,15,17H2,(H,25,26);4-5H,1-3H3. The van der Waals surface area contributed by atoms with Crippen molar-refractivity contribution in [3.63, 3.8) is 0 Å². The molecule has 8 heteroatoms. The molecular formula is C28H35N5O3. The molecule has 2 aliphatic heterocycles. The molecule has 0 atom stereocenters. The van der Waals surface area contributed by atoms with Crippen LogP contribution in [0, 0.1) is 0 Å². The van der Waals surface area contributed by atoms with Crippen molar-refractivity contribution in [2.24, 2.45) is 0 Å². The van der Waals surface area contributed by atoms with Crippen molar-refractivity contribution in [1.29, 1.82) is 0 Å². The van der Waals surface area contributed by atoms with E-state index in [9.17, 15) is 9.59 Å². The average Bonchev–Trinajstić information content (AvgIpc) is 3.54. The predicted molar refractivity (Wildman–Crippen MR) is 141 cm³/mol. The number of ether oxygens (including phenoxy) is 1. The summed E-state index contributed by atoms with van der Waals surface area (Å²) in [6.45, 7) is 6.62. The van der Waals surface area contributed by atoms with Crippen LogP contribution in [0.1, 0.15) is 42.6 Å². The summed E-state index contributed by atoms with van der Waals surface area (Å²) >= 11 is 0. The quantitative estimate of drug-likeness (QED) is 0.498. The number of nitrogens with one attached hydrogen (secondary N) is 2. The maximum atomic E-state index is 13.6. The minimum absolute atomic E-state index is 0.00512. The molecule has 190 valence electrons. The SMILES string of the molecule is CNC(C)C.O=Cc1cccc(CN2C(=O)N(c3ccc(-c4cn[nH]c4)cc3)CC23CCOCC3)c1. The van der Waals surface area contributed by atoms with Crippen molar-refractivity contribution < 1.29 is 14.3 Å². The molecule has 0 radical (unpaired) electrons. The van der Waals surface area contributed by atoms with Gasteiger partial charge < -0.3 is 15.0 Å². The molecule has 2 aromatic carbocycles. The number of urea groups is 1. The van der Waals surface area contributed by atoms with Gasteiger partial charge in [0, 0.05) is 48.8 Å². The van der Waals surface area contributed by atoms with Gasteiger partial charge in [-0.2, -0.15) is 5.10 Å². The third-order valence-corrected chi connectivity index (χ3v) is 6.93. The Kier molecular flexibility index (Phi) is 8.18. The summed E-state index contributed by atoms with van der Waals surface area (Å²) in [5.41, 5.74) is 4.25. The molecule has 5 rings (SSSR count). The highest BCUT2D eigenvalue weighted by Gasteiger charge is 2.50. The number of hydrogen-bond acceptors (Lipinski definition) is 5. The smallest absolute Gasteiger partial charge is 0.325 e. The summed E-state index contributed by atoms with van der Waals surface area (Å²) in [4.78, 5) is 28.6. The van der Waals surface area contributed by atoms with Gasteiger partial charge in [-0.15, -0.1) is 0 Å². The fourth-order valence-corrected chi connectivity index (χ4v) is 4.60. The lowest BCUT2D eigenvalue weighted by Crippen LogP contribution is -2.50. The van der Waals surface area contributed by atoms with E-state index in [2.05, 4.69) is 29.4 Å². The number of amides is 2. The number of hydrogen-bond donors (Lipinski definition) is 2. The molecule has 3 heterocycles. The molecule has 36 heavy (non-hydrogen) atoms. The minimum atomic E-state index is -0.268. The first-order chi connectivity index (χ1) is 17.5. The second-order valence-electron chi connectivity index (χ2n) is 9.63. The van der Waals surface area contributed by atoms with Crippen LogP contribution in [-0.2, 0) is 11.3 Å². The van der Waals surface area contributed by atoms with E-state index < -0.39 is 0 Å². The van der Waals surface area contributed by atoms with Gasteiger partial charge in [0.2, 0.25) is 0 Å². The number of benzene rings is 2. The van der Waals surface area contributed by atoms with Crippen molar-refractivity contribution in [2.45, 2.75) is 44.8 Å². The van der Waals surface area contributed by atoms with Crippen LogP contribution in [0.2, 0.25) is 0 Å². The first-order valence-corrected chi connectivity index (χ1v) is 12.4. The molecule has 2 amide bonds. The van der Waals surface area contributed by atoms with E-state index in [0.717, 1.165) is 41.5 Å². The number of aromatic nitrogens is 2. The zero-order valence-electron chi connectivity index (χ0n) is 21.2. The van der Waals surface area contributed by atoms with Gasteiger partial charge in [0.15, 0.2) is 0 Å². The molecule has 0 aliphatic carbocycles. The number of aromatic amines is 1. The Labute approximate surface area is 212 Å². The van der Waals surface area contributed by atoms with Crippen molar-refractivity contribution in [1.82, 2.24) is 20.4 Å². The van der Waals surface area contributed by atoms with E-state index in [0.29, 0.717) is 37.9 Å². The van der Waals surface area contributed by atoms with Crippen LogP contribution >= 0.6 is 0 Å². The van der Waals surface area contributed by atoms with Crippen LogP contribution < -0.4 is 10.2 Å². The largest absolute Gasteiger partial charge is 0.381 e. The van der Waals surface area contributed by atoms with Gasteiger partial charge in [0.1, 0.15) is 6.29 Å². The number of H-pyrrole nitrogens is 1. The molecule has 1 spiro atoms. The highest BCUT2D eigenvalue weighted by molar-refractivity contribution is 5.95. The molecule has 0 saturated carbocycles. The van der Waals surface area contributed by atoms with E-state index in [1.807, 2.05) is 65.5 Å². The molecule has 2 saturated heterocycles. The Hall–Kier alpha value is -3.49. The number of rotatable bonds is 6. The van der Waals surface area contributed by atoms with Crippen LogP contribution in [0.5, 0.6) is 0 Å². The van der Waals surface area contributed by atoms with E-state index in [1.165, 1.54) is 0 Å². The Morgan fingerprint density at radius 3 is 2.47 bits per heavy atom. The second-order valence-corrected chi connectivity index (χ2v) is 9.63. The summed E-state index contributed by atoms with van der Waals surface area (Å²) in [5.74, 6) is 0. The van der Waals surface area contributed by atoms with Crippen LogP contribution in [0.4, 0.5) is 10.5 Å². The van der Waals surface area contributed by atoms with Crippen LogP contribution in [0.25, 0.3) is 11.1 Å². The monoisotopic (exact) mass is 489 g/mol. The zero-order valence-corrected chi connectivity index (χ0v) is 21.2. The van der Waals surface area contributed by atoms with Gasteiger partial charge in [-0.1, -0.05) is 44.2 Å². The maximum absolute atomic E-state index is 13.6. The van der Waals surface area contributed by atoms with Gasteiger partial charge in [-0.3, -0.25) is 14.8 Å². The van der Waals surface area contributed by atoms with Gasteiger partial charge in [-0.05, 0) is 49.2 Å². The first kappa shape index (κ1) is 25.6. The van der Waals surface area contributed by atoms with Gasteiger partial charge in [-0.25, -0.2) is 4.79 Å². The van der Waals surface area contributed by atoms with Crippen molar-refractivity contribution in [2.75, 3.05) is 31.7 Å². The van der Waals surface area contributed by atoms with Gasteiger partial charge in [0.05, 0.1) is 18.3 Å². The average molecular weight is 490 g/mol. The van der Waals surface area contributed by atoms with Gasteiger partial charge >= 0.3 is 6.03 Å². The van der Waals surface area contributed by atoms with Crippen LogP contribution in [-0.4, -0.2) is 65.8 Å². The maximum Gasteiger partial charge on any atom is 0.325 e. The lowest BCUT2D eigenvalue weighted by Gasteiger charge is -2.40. The lowest BCUT2D eigenvalue weighted by atomic mass is 9.88. The van der Waals surface area contributed by atoms with Crippen molar-refractivity contribution in [3.05, 3.63) is 72.1 Å². The molecule has 2 aliphatic rings. The van der Waals surface area contributed by atoms with Crippen LogP contribution in [0.3, 0.4) is 0 Å². The van der Waals surface area contributed by atoms with E-state index in [-0.39, 0.29) is 11.6 Å². The third-order valence-electron chi connectivity index (χ3n) is 6.93. The summed E-state index contributed by atoms with van der Waals surface area (Å²) in [6, 6.07) is 16.1. The number of anilines is 1. The number of carbonyl (C=O) groups excluding carboxylic acids is 2. The van der Waals surface area contributed by atoms with Gasteiger partial charge in [0.25, 0.3) is 0 Å². The highest BCUT2D eigenvalue weighted by Crippen LogP contribution is 2.39. The fraction of sp³-hybridized carbons (Fsp3) is 0.393. The summed E-state index contributed by atoms with van der Waals surface area (Å²) in [7, 11) is 1.95. The van der Waals surface area contributed by atoms with Crippen LogP contribution in [0.15, 0.2) is 60.9 Å². The molecule has 3 aromatic rings. The molecule has 0 bridgehead atoms. The van der Waals surface area contributed by atoms with Crippen molar-refractivity contribution in [3.8, 4) is 11.1 Å². The van der Waals surface area contributed by atoms with E-state index in [4.69, 9.17) is 4.74 Å². The number of nitrogens with zero attached hydrogens (tertiary/aromatic N) is 3. The van der Waals surface area contributed by atoms with E-state index >= 15 is 0 Å². The topological polar surface area (TPSA) is 90.6 Å². The number of carbonyl (C=O) groups is 2. The third kappa shape index (κ3) is 5.66. The Morgan fingerprint density at radius 1 is 1.14 bits per heavy atom. The Morgan fingerprint density at radius 2 is 1.86 bits per heavy atom. The molecule has 8 nitrogen and oxygen atoms in total. The minimum Gasteiger partial charge on any atom is -0.381 e. The molecule has 2 fully saturated rings. The fourth-order valence-electron chi connectivity index (χ4n) is 4.60. The molecule has 2 N–H and O–H groups in total. The zero-order chi connectivity index (χ0) is 25.5. The van der Waals surface area contributed by atoms with E-state index in [1.54, 1.807) is 12.3 Å². The molecular weight excluding hydrogens is 454 g/mol. The summed E-state index contributed by atoms with van der Waals surface area (Å²) in [6.07, 6.45) is 6.07. The number of aldehydes is 1. The predicted octanol–water partition coefficient (Wildman–Crippen LogP) is 4.49. The lowest BCUT2D eigenvalue weighted by molar-refractivity contribution is 0.00611. The van der Waals surface area contributed by atoms with Crippen molar-refractivity contribution >= 4 is 18.0 Å². The molecule has 0 unspecified atom stereocenters. The Balaban J connectivity index is 0.000000556. The molecule has 1 aromatic heterocycles. The highest BCUT2D eigenvalue weighted by atomic mass is 16.5. The normalized spacial score (nSPS) is 16.8. The summed E-state index contributed by atoms with van der Waals surface area (Å²) < 4.78 is 5.61. The summed E-state index contributed by atoms with van der Waals surface area (Å²) in [5, 5.41) is 9.85. The Bertz CT molecular complexity index is 1140. The first-order valence-electron chi connectivity index (χ1n) is 12.4. The second kappa shape index (κ2) is 11.5.